The van der Waals surface area contributed by atoms with E-state index >= 15 is 0 Å². The number of aromatic hydroxyl groups is 1. The number of carboxylic acid groups (broad SMARTS) is 2. The number of nitrogens with one attached hydrogen (secondary N) is 7. The fourth-order valence-electron chi connectivity index (χ4n) is 7.30. The number of aliphatic carboxylic acids is 2. The molecule has 29 heteroatoms. The van der Waals surface area contributed by atoms with E-state index < -0.39 is 145 Å². The summed E-state index contributed by atoms with van der Waals surface area (Å²) in [6.07, 6.45) is -2.82. The normalized spacial score (nSPS) is 16.2. The van der Waals surface area contributed by atoms with E-state index in [2.05, 4.69) is 42.2 Å². The van der Waals surface area contributed by atoms with Crippen LogP contribution in [0.25, 0.3) is 0 Å². The average Bonchev–Trinajstić information content (AvgIpc) is 3.82. The number of carboxylic acids is 2. The van der Waals surface area contributed by atoms with Crippen molar-refractivity contribution in [2.24, 2.45) is 39.6 Å². The number of hydrogen-bond donors (Lipinski definition) is 15. The molecule has 2 rings (SSSR count). The fourth-order valence-corrected chi connectivity index (χ4v) is 7.30. The molecular weight excluding hydrogens is 977 g/mol. The highest BCUT2D eigenvalue weighted by molar-refractivity contribution is 5.99. The molecule has 410 valence electrons. The van der Waals surface area contributed by atoms with Crippen molar-refractivity contribution in [1.82, 2.24) is 42.1 Å². The van der Waals surface area contributed by atoms with E-state index in [1.165, 1.54) is 38.1 Å². The highest BCUT2D eigenvalue weighted by Crippen LogP contribution is 2.21. The van der Waals surface area contributed by atoms with Crippen LogP contribution in [0.4, 0.5) is 0 Å². The lowest BCUT2D eigenvalue weighted by Gasteiger charge is -2.31. The predicted octanol–water partition coefficient (Wildman–Crippen LogP) is -5.51. The average molecular weight is 1050 g/mol. The maximum Gasteiger partial charge on any atom is 0.326 e. The van der Waals surface area contributed by atoms with Crippen molar-refractivity contribution in [1.29, 1.82) is 0 Å². The summed E-state index contributed by atoms with van der Waals surface area (Å²) in [4.78, 5) is 161. The lowest BCUT2D eigenvalue weighted by molar-refractivity contribution is -0.143. The summed E-state index contributed by atoms with van der Waals surface area (Å²) in [5, 5.41) is 45.6. The molecule has 0 bridgehead atoms. The molecule has 10 amide bonds. The number of phenols is 1. The highest BCUT2D eigenvalue weighted by atomic mass is 16.4. The third-order valence-electron chi connectivity index (χ3n) is 11.5. The van der Waals surface area contributed by atoms with Crippen molar-refractivity contribution in [3.63, 3.8) is 0 Å². The van der Waals surface area contributed by atoms with Crippen LogP contribution in [0, 0.1) is 5.92 Å². The van der Waals surface area contributed by atoms with Gasteiger partial charge in [-0.25, -0.2) is 4.79 Å². The zero-order valence-corrected chi connectivity index (χ0v) is 41.6. The van der Waals surface area contributed by atoms with Crippen molar-refractivity contribution in [2.45, 2.75) is 146 Å². The Morgan fingerprint density at radius 1 is 0.635 bits per heavy atom. The molecule has 20 N–H and O–H groups in total. The van der Waals surface area contributed by atoms with E-state index in [9.17, 15) is 72.9 Å². The number of nitrogens with two attached hydrogens (primary N) is 5. The van der Waals surface area contributed by atoms with Gasteiger partial charge in [-0.3, -0.25) is 57.7 Å². The fraction of sp³-hybridized carbons (Fsp3) is 0.578. The maximum atomic E-state index is 14.6. The van der Waals surface area contributed by atoms with E-state index in [1.54, 1.807) is 13.8 Å². The minimum atomic E-state index is -1.78. The van der Waals surface area contributed by atoms with E-state index in [0.29, 0.717) is 5.56 Å². The highest BCUT2D eigenvalue weighted by Gasteiger charge is 2.40. The van der Waals surface area contributed by atoms with Crippen molar-refractivity contribution >= 4 is 77.0 Å². The van der Waals surface area contributed by atoms with E-state index in [-0.39, 0.29) is 75.7 Å². The van der Waals surface area contributed by atoms with Gasteiger partial charge in [-0.1, -0.05) is 26.0 Å². The Bertz CT molecular complexity index is 2240. The Morgan fingerprint density at radius 2 is 1.15 bits per heavy atom. The van der Waals surface area contributed by atoms with Crippen molar-refractivity contribution in [3.05, 3.63) is 29.8 Å². The van der Waals surface area contributed by atoms with Gasteiger partial charge in [0.05, 0.1) is 12.5 Å². The molecule has 0 unspecified atom stereocenters. The van der Waals surface area contributed by atoms with E-state index in [4.69, 9.17) is 28.7 Å². The molecule has 1 heterocycles. The van der Waals surface area contributed by atoms with Crippen LogP contribution in [-0.4, -0.2) is 165 Å². The largest absolute Gasteiger partial charge is 0.508 e. The molecule has 0 saturated carbocycles. The zero-order chi connectivity index (χ0) is 56.0. The van der Waals surface area contributed by atoms with Crippen LogP contribution < -0.4 is 65.9 Å². The minimum Gasteiger partial charge on any atom is -0.508 e. The van der Waals surface area contributed by atoms with Gasteiger partial charge in [0, 0.05) is 32.4 Å². The molecule has 0 spiro atoms. The van der Waals surface area contributed by atoms with Crippen LogP contribution in [0.2, 0.25) is 0 Å². The van der Waals surface area contributed by atoms with Crippen molar-refractivity contribution in [2.75, 3.05) is 13.1 Å². The second-order valence-corrected chi connectivity index (χ2v) is 18.0. The predicted molar refractivity (Wildman–Crippen MR) is 261 cm³/mol. The number of likely N-dealkylation sites (tertiary alicyclic amines) is 1. The van der Waals surface area contributed by atoms with E-state index in [0.717, 1.165) is 4.90 Å². The van der Waals surface area contributed by atoms with Crippen LogP contribution in [0.1, 0.15) is 91.0 Å². The number of benzene rings is 1. The number of hydrogen-bond acceptors (Lipinski definition) is 15. The molecule has 0 aliphatic carbocycles. The van der Waals surface area contributed by atoms with Crippen LogP contribution in [0.5, 0.6) is 5.75 Å². The van der Waals surface area contributed by atoms with Gasteiger partial charge in [-0.15, -0.1) is 0 Å². The number of carbonyl (C=O) groups excluding carboxylic acids is 10. The number of carbonyl (C=O) groups is 12. The number of primary amides is 2. The molecule has 9 atom stereocenters. The van der Waals surface area contributed by atoms with Gasteiger partial charge in [0.25, 0.3) is 0 Å². The Kier molecular flexibility index (Phi) is 25.2. The Morgan fingerprint density at radius 3 is 1.69 bits per heavy atom. The zero-order valence-electron chi connectivity index (χ0n) is 41.6. The molecule has 1 aliphatic rings. The molecule has 74 heavy (non-hydrogen) atoms. The summed E-state index contributed by atoms with van der Waals surface area (Å²) in [6.45, 7) is 5.85. The second kappa shape index (κ2) is 30.0. The maximum absolute atomic E-state index is 14.6. The van der Waals surface area contributed by atoms with Gasteiger partial charge in [0.15, 0.2) is 5.96 Å². The molecule has 1 aromatic carbocycles. The van der Waals surface area contributed by atoms with Gasteiger partial charge in [-0.05, 0) is 76.0 Å². The number of rotatable bonds is 31. The summed E-state index contributed by atoms with van der Waals surface area (Å²) in [5.41, 5.74) is 27.7. The first-order valence-electron chi connectivity index (χ1n) is 23.6. The van der Waals surface area contributed by atoms with Gasteiger partial charge in [0.1, 0.15) is 54.1 Å². The van der Waals surface area contributed by atoms with Crippen LogP contribution in [0.3, 0.4) is 0 Å². The molecule has 1 saturated heterocycles. The SMILES string of the molecule is CC(C)[C@H](N)C(=O)N[C@@H](C)C(=O)N[C@@H](CCCN=C(N)N)C(=O)N[C@@H](CC(N)=O)C(=O)N[C@@H](Cc1ccc(O)cc1)C(=O)N1CCC[C@H]1C(=O)N[C@@H](CCC(=O)O)C(=O)N[C@@H](C)C(=O)N[C@@H](CCC(N)=O)C(=O)O. The second-order valence-electron chi connectivity index (χ2n) is 18.0. The quantitative estimate of drug-likeness (QED) is 0.0187. The number of nitrogens with zero attached hydrogens (tertiary/aromatic N) is 2. The molecule has 1 aromatic rings. The summed E-state index contributed by atoms with van der Waals surface area (Å²) < 4.78 is 0. The first-order chi connectivity index (χ1) is 34.6. The first kappa shape index (κ1) is 62.0. The smallest absolute Gasteiger partial charge is 0.326 e. The van der Waals surface area contributed by atoms with Crippen LogP contribution >= 0.6 is 0 Å². The summed E-state index contributed by atoms with van der Waals surface area (Å²) in [7, 11) is 0. The third kappa shape index (κ3) is 21.3. The van der Waals surface area contributed by atoms with E-state index in [1.807, 2.05) is 0 Å². The number of amides is 10. The lowest BCUT2D eigenvalue weighted by atomic mass is 10.0. The number of phenolic OH excluding ortho intramolecular Hbond substituents is 1. The van der Waals surface area contributed by atoms with Gasteiger partial charge < -0.3 is 86.1 Å². The molecular formula is C45H70N14O15. The standard InChI is InChI=1S/C45H70N14O15/c1-21(2)35(48)42(71)53-23(4)36(65)54-26(7-5-17-51-45(49)50)39(68)57-29(20-33(47)62)40(69)58-30(19-24-9-11-25(60)12-10-24)43(72)59-18-6-8-31(59)41(70)55-27(14-16-34(63)64)38(67)52-22(3)37(66)56-28(44(73)74)13-15-32(46)61/h9-12,21-23,26-31,35,60H,5-8,13-20,48H2,1-4H3,(H2,46,61)(H2,47,62)(H,52,67)(H,53,71)(H,54,65)(H,55,70)(H,56,66)(H,57,68)(H,58,69)(H,63,64)(H,73,74)(H4,49,50,51)/t22-,23-,26-,27-,28-,29-,30-,31-,35-/m0/s1. The van der Waals surface area contributed by atoms with Crippen molar-refractivity contribution in [3.8, 4) is 5.75 Å². The lowest BCUT2D eigenvalue weighted by Crippen LogP contribution is -2.60. The Balaban J connectivity index is 2.44. The molecule has 1 fully saturated rings. The molecule has 1 aliphatic heterocycles. The van der Waals surface area contributed by atoms with Crippen LogP contribution in [-0.2, 0) is 64.0 Å². The van der Waals surface area contributed by atoms with Gasteiger partial charge in [0.2, 0.25) is 59.1 Å². The van der Waals surface area contributed by atoms with Crippen LogP contribution in [0.15, 0.2) is 29.3 Å². The monoisotopic (exact) mass is 1050 g/mol. The number of guanidine groups is 1. The Labute approximate surface area is 425 Å². The molecule has 0 radical (unpaired) electrons. The van der Waals surface area contributed by atoms with Crippen molar-refractivity contribution < 1.29 is 72.9 Å². The summed E-state index contributed by atoms with van der Waals surface area (Å²) >= 11 is 0. The van der Waals surface area contributed by atoms with Gasteiger partial charge >= 0.3 is 11.9 Å². The van der Waals surface area contributed by atoms with Gasteiger partial charge in [-0.2, -0.15) is 0 Å². The topological polar surface area (TPSA) is 495 Å². The first-order valence-corrected chi connectivity index (χ1v) is 23.6. The Hall–Kier alpha value is -8.11. The molecule has 29 nitrogen and oxygen atoms in total. The third-order valence-corrected chi connectivity index (χ3v) is 11.5. The minimum absolute atomic E-state index is 0.00569. The summed E-state index contributed by atoms with van der Waals surface area (Å²) in [6, 6.07) is -7.42. The number of aliphatic imine (C=N–C) groups is 1. The summed E-state index contributed by atoms with van der Waals surface area (Å²) in [5.74, 6) is -12.9. The molecule has 0 aromatic heterocycles.